The summed E-state index contributed by atoms with van der Waals surface area (Å²) in [6, 6.07) is 22.3. The molecule has 4 aromatic rings. The Morgan fingerprint density at radius 3 is 2.19 bits per heavy atom. The molecule has 0 bridgehead atoms. The molecule has 0 spiro atoms. The molecule has 1 N–H and O–H groups in total. The van der Waals surface area contributed by atoms with E-state index < -0.39 is 0 Å². The van der Waals surface area contributed by atoms with Crippen molar-refractivity contribution in [1.82, 2.24) is 9.88 Å². The Kier molecular flexibility index (Phi) is 5.25. The highest BCUT2D eigenvalue weighted by molar-refractivity contribution is 7.21. The maximum atomic E-state index is 12.6. The first-order valence-electron chi connectivity index (χ1n) is 10.3. The van der Waals surface area contributed by atoms with Gasteiger partial charge >= 0.3 is 0 Å². The number of rotatable bonds is 6. The number of anilines is 1. The quantitative estimate of drug-likeness (QED) is 0.428. The third-order valence-corrected chi connectivity index (χ3v) is 6.46. The van der Waals surface area contributed by atoms with Crippen molar-refractivity contribution in [2.24, 2.45) is 0 Å². The fraction of sp³-hybridized carbons (Fsp3) is 0.120. The van der Waals surface area contributed by atoms with E-state index in [2.05, 4.69) is 10.3 Å². The lowest BCUT2D eigenvalue weighted by atomic mass is 10.1. The van der Waals surface area contributed by atoms with E-state index in [9.17, 15) is 14.4 Å². The molecule has 158 valence electrons. The number of imide groups is 1. The fourth-order valence-corrected chi connectivity index (χ4v) is 4.82. The lowest BCUT2D eigenvalue weighted by molar-refractivity contribution is -0.116. The Labute approximate surface area is 188 Å². The molecule has 1 aliphatic heterocycles. The third-order valence-electron chi connectivity index (χ3n) is 5.39. The largest absolute Gasteiger partial charge is 0.325 e. The zero-order valence-corrected chi connectivity index (χ0v) is 17.9. The van der Waals surface area contributed by atoms with Crippen molar-refractivity contribution in [2.45, 2.75) is 12.8 Å². The molecule has 0 saturated heterocycles. The number of amides is 3. The average Bonchev–Trinajstić information content (AvgIpc) is 3.35. The number of aromatic nitrogens is 1. The second-order valence-electron chi connectivity index (χ2n) is 7.49. The van der Waals surface area contributed by atoms with Crippen molar-refractivity contribution in [3.05, 3.63) is 83.9 Å². The number of carbonyl (C=O) groups excluding carboxylic acids is 3. The van der Waals surface area contributed by atoms with Gasteiger partial charge in [0.05, 0.1) is 27.0 Å². The van der Waals surface area contributed by atoms with Crippen molar-refractivity contribution >= 4 is 45.0 Å². The number of nitrogens with one attached hydrogen (secondary N) is 1. The van der Waals surface area contributed by atoms with Crippen molar-refractivity contribution in [2.75, 3.05) is 11.9 Å². The molecule has 0 aliphatic carbocycles. The van der Waals surface area contributed by atoms with E-state index >= 15 is 0 Å². The summed E-state index contributed by atoms with van der Waals surface area (Å²) in [6.45, 7) is 0.208. The number of carbonyl (C=O) groups is 3. The number of fused-ring (bicyclic) bond motifs is 2. The minimum absolute atomic E-state index is 0.171. The Morgan fingerprint density at radius 1 is 0.844 bits per heavy atom. The van der Waals surface area contributed by atoms with Gasteiger partial charge in [-0.1, -0.05) is 36.4 Å². The van der Waals surface area contributed by atoms with E-state index in [1.165, 1.54) is 4.90 Å². The highest BCUT2D eigenvalue weighted by atomic mass is 32.1. The molecule has 5 rings (SSSR count). The number of thiazole rings is 1. The zero-order valence-electron chi connectivity index (χ0n) is 17.1. The lowest BCUT2D eigenvalue weighted by Crippen LogP contribution is -2.31. The molecule has 0 atom stereocenters. The number of nitrogens with zero attached hydrogens (tertiary/aromatic N) is 2. The molecule has 6 nitrogen and oxygen atoms in total. The predicted octanol–water partition coefficient (Wildman–Crippen LogP) is 4.98. The molecule has 0 saturated carbocycles. The van der Waals surface area contributed by atoms with Crippen LogP contribution in [-0.4, -0.2) is 34.2 Å². The van der Waals surface area contributed by atoms with E-state index in [-0.39, 0.29) is 30.7 Å². The predicted molar refractivity (Wildman–Crippen MR) is 125 cm³/mol. The maximum Gasteiger partial charge on any atom is 0.261 e. The molecule has 3 amide bonds. The van der Waals surface area contributed by atoms with E-state index in [0.29, 0.717) is 23.2 Å². The van der Waals surface area contributed by atoms with Crippen LogP contribution >= 0.6 is 11.3 Å². The zero-order chi connectivity index (χ0) is 22.1. The second-order valence-corrected chi connectivity index (χ2v) is 8.52. The summed E-state index contributed by atoms with van der Waals surface area (Å²) < 4.78 is 1.09. The number of hydrogen-bond donors (Lipinski definition) is 1. The summed E-state index contributed by atoms with van der Waals surface area (Å²) in [4.78, 5) is 43.4. The van der Waals surface area contributed by atoms with Crippen molar-refractivity contribution in [1.29, 1.82) is 0 Å². The van der Waals surface area contributed by atoms with Crippen LogP contribution in [0.3, 0.4) is 0 Å². The van der Waals surface area contributed by atoms with Crippen LogP contribution in [0.2, 0.25) is 0 Å². The SMILES string of the molecule is O=C(CCCN1C(=O)c2ccccc2C1=O)Nc1ccccc1-c1nc2ccccc2s1. The van der Waals surface area contributed by atoms with Crippen LogP contribution in [0.25, 0.3) is 20.8 Å². The Bertz CT molecular complexity index is 1290. The number of benzene rings is 3. The van der Waals surface area contributed by atoms with Gasteiger partial charge in [-0.2, -0.15) is 0 Å². The Balaban J connectivity index is 1.24. The van der Waals surface area contributed by atoms with E-state index in [4.69, 9.17) is 0 Å². The summed E-state index contributed by atoms with van der Waals surface area (Å²) >= 11 is 1.58. The molecule has 1 aromatic heterocycles. The molecule has 0 fully saturated rings. The van der Waals surface area contributed by atoms with Gasteiger partial charge in [0.1, 0.15) is 5.01 Å². The Morgan fingerprint density at radius 2 is 1.47 bits per heavy atom. The normalized spacial score (nSPS) is 12.9. The number of para-hydroxylation sites is 2. The molecular weight excluding hydrogens is 422 g/mol. The first kappa shape index (κ1) is 20.1. The number of hydrogen-bond acceptors (Lipinski definition) is 5. The monoisotopic (exact) mass is 441 g/mol. The van der Waals surface area contributed by atoms with E-state index in [1.54, 1.807) is 35.6 Å². The van der Waals surface area contributed by atoms with Gasteiger partial charge in [-0.15, -0.1) is 11.3 Å². The van der Waals surface area contributed by atoms with Crippen LogP contribution in [0.5, 0.6) is 0 Å². The van der Waals surface area contributed by atoms with Gasteiger partial charge < -0.3 is 5.32 Å². The van der Waals surface area contributed by atoms with E-state index in [1.807, 2.05) is 48.5 Å². The first-order chi connectivity index (χ1) is 15.6. The lowest BCUT2D eigenvalue weighted by Gasteiger charge is -2.14. The molecule has 32 heavy (non-hydrogen) atoms. The smallest absolute Gasteiger partial charge is 0.261 e. The molecule has 1 aliphatic rings. The van der Waals surface area contributed by atoms with Crippen LogP contribution in [-0.2, 0) is 4.79 Å². The highest BCUT2D eigenvalue weighted by Gasteiger charge is 2.34. The molecule has 2 heterocycles. The van der Waals surface area contributed by atoms with Gasteiger partial charge in [-0.25, -0.2) is 4.98 Å². The molecule has 0 radical (unpaired) electrons. The van der Waals surface area contributed by atoms with Crippen molar-refractivity contribution in [3.63, 3.8) is 0 Å². The minimum Gasteiger partial charge on any atom is -0.325 e. The van der Waals surface area contributed by atoms with Gasteiger partial charge in [0.25, 0.3) is 11.8 Å². The van der Waals surface area contributed by atoms with Crippen molar-refractivity contribution < 1.29 is 14.4 Å². The summed E-state index contributed by atoms with van der Waals surface area (Å²) in [5.74, 6) is -0.769. The minimum atomic E-state index is -0.299. The molecule has 0 unspecified atom stereocenters. The van der Waals surface area contributed by atoms with Crippen LogP contribution in [0, 0.1) is 0 Å². The first-order valence-corrected chi connectivity index (χ1v) is 11.1. The molecule has 3 aromatic carbocycles. The highest BCUT2D eigenvalue weighted by Crippen LogP contribution is 2.34. The average molecular weight is 442 g/mol. The van der Waals surface area contributed by atoms with Gasteiger partial charge in [0.2, 0.25) is 5.91 Å². The van der Waals surface area contributed by atoms with Gasteiger partial charge in [-0.05, 0) is 42.8 Å². The maximum absolute atomic E-state index is 12.6. The van der Waals surface area contributed by atoms with Crippen LogP contribution in [0.15, 0.2) is 72.8 Å². The van der Waals surface area contributed by atoms with Crippen LogP contribution in [0.1, 0.15) is 33.6 Å². The van der Waals surface area contributed by atoms with Gasteiger partial charge in [-0.3, -0.25) is 19.3 Å². The second kappa shape index (κ2) is 8.36. The van der Waals surface area contributed by atoms with E-state index in [0.717, 1.165) is 20.8 Å². The summed E-state index contributed by atoms with van der Waals surface area (Å²) in [7, 11) is 0. The van der Waals surface area contributed by atoms with Gasteiger partial charge in [0, 0.05) is 18.5 Å². The topological polar surface area (TPSA) is 79.4 Å². The summed E-state index contributed by atoms with van der Waals surface area (Å²) in [6.07, 6.45) is 0.586. The fourth-order valence-electron chi connectivity index (χ4n) is 3.82. The summed E-state index contributed by atoms with van der Waals surface area (Å²) in [5, 5.41) is 3.80. The van der Waals surface area contributed by atoms with Gasteiger partial charge in [0.15, 0.2) is 0 Å². The van der Waals surface area contributed by atoms with Crippen molar-refractivity contribution in [3.8, 4) is 10.6 Å². The van der Waals surface area contributed by atoms with Crippen LogP contribution in [0.4, 0.5) is 5.69 Å². The standard InChI is InChI=1S/C25H19N3O3S/c29-22(14-7-15-28-24(30)16-8-1-2-9-17(16)25(28)31)26-19-11-4-3-10-18(19)23-27-20-12-5-6-13-21(20)32-23/h1-6,8-13H,7,14-15H2,(H,26,29). The molecular formula is C25H19N3O3S. The Hall–Kier alpha value is -3.84. The summed E-state index contributed by atoms with van der Waals surface area (Å²) in [5.41, 5.74) is 3.33. The third kappa shape index (κ3) is 3.67. The van der Waals surface area contributed by atoms with Crippen LogP contribution < -0.4 is 5.32 Å². The molecule has 7 heteroatoms.